The van der Waals surface area contributed by atoms with Crippen molar-refractivity contribution in [1.82, 2.24) is 5.32 Å². The molecule has 3 N–H and O–H groups in total. The van der Waals surface area contributed by atoms with E-state index in [4.69, 9.17) is 4.74 Å². The largest absolute Gasteiger partial charge is 0.466 e. The summed E-state index contributed by atoms with van der Waals surface area (Å²) in [5.74, 6) is -0.0397. The minimum atomic E-state index is -0.842. The standard InChI is InChI=1S/C80H155NO5/c1-3-5-7-9-11-13-15-17-19-21-37-41-44-48-52-56-60-64-68-72-78(83)77(76-82)81-79(84)73-69-65-61-57-53-49-45-42-38-35-33-31-29-27-25-23-22-24-26-28-30-32-34-36-39-43-47-51-55-59-63-67-71-75-86-80(85)74-70-66-62-58-54-50-46-40-20-18-16-14-12-10-8-6-4-2/h18,20,68,72,77-78,82-83H,3-17,19,21-67,69-71,73-76H2,1-2H3,(H,81,84)/b20-18-,72-68+. The summed E-state index contributed by atoms with van der Waals surface area (Å²) in [5, 5.41) is 23.3. The van der Waals surface area contributed by atoms with Crippen LogP contribution in [0.1, 0.15) is 450 Å². The molecule has 0 bridgehead atoms. The molecule has 0 heterocycles. The molecule has 2 atom stereocenters. The van der Waals surface area contributed by atoms with Gasteiger partial charge in [-0.25, -0.2) is 0 Å². The number of esters is 1. The van der Waals surface area contributed by atoms with Crippen molar-refractivity contribution in [3.8, 4) is 0 Å². The number of aliphatic hydroxyl groups excluding tert-OH is 2. The van der Waals surface area contributed by atoms with Crippen molar-refractivity contribution in [1.29, 1.82) is 0 Å². The molecule has 6 nitrogen and oxygen atoms in total. The van der Waals surface area contributed by atoms with Gasteiger partial charge in [0.05, 0.1) is 25.4 Å². The van der Waals surface area contributed by atoms with E-state index in [9.17, 15) is 19.8 Å². The van der Waals surface area contributed by atoms with Gasteiger partial charge in [-0.05, 0) is 57.8 Å². The number of rotatable bonds is 75. The summed E-state index contributed by atoms with van der Waals surface area (Å²) >= 11 is 0. The first-order valence-electron chi connectivity index (χ1n) is 39.6. The van der Waals surface area contributed by atoms with E-state index in [1.165, 1.54) is 385 Å². The maximum absolute atomic E-state index is 12.5. The van der Waals surface area contributed by atoms with Gasteiger partial charge in [-0.15, -0.1) is 0 Å². The number of ether oxygens (including phenoxy) is 1. The van der Waals surface area contributed by atoms with Crippen LogP contribution in [0.4, 0.5) is 0 Å². The number of aliphatic hydroxyl groups is 2. The van der Waals surface area contributed by atoms with E-state index in [-0.39, 0.29) is 18.5 Å². The van der Waals surface area contributed by atoms with Crippen LogP contribution in [0.3, 0.4) is 0 Å². The van der Waals surface area contributed by atoms with Gasteiger partial charge in [0.25, 0.3) is 0 Å². The Morgan fingerprint density at radius 1 is 0.314 bits per heavy atom. The van der Waals surface area contributed by atoms with Gasteiger partial charge < -0.3 is 20.3 Å². The second-order valence-electron chi connectivity index (χ2n) is 27.4. The second kappa shape index (κ2) is 75.8. The zero-order valence-electron chi connectivity index (χ0n) is 58.6. The normalized spacial score (nSPS) is 12.6. The summed E-state index contributed by atoms with van der Waals surface area (Å²) in [5.41, 5.74) is 0. The molecule has 0 aliphatic rings. The zero-order valence-corrected chi connectivity index (χ0v) is 58.6. The van der Waals surface area contributed by atoms with Crippen LogP contribution in [0.5, 0.6) is 0 Å². The molecule has 0 aromatic heterocycles. The van der Waals surface area contributed by atoms with Crippen LogP contribution in [-0.4, -0.2) is 47.4 Å². The Labute approximate surface area is 539 Å². The summed E-state index contributed by atoms with van der Waals surface area (Å²) < 4.78 is 5.51. The van der Waals surface area contributed by atoms with Gasteiger partial charge in [0.1, 0.15) is 0 Å². The van der Waals surface area contributed by atoms with Crippen molar-refractivity contribution >= 4 is 11.9 Å². The first-order chi connectivity index (χ1) is 42.5. The molecule has 2 unspecified atom stereocenters. The number of nitrogens with one attached hydrogen (secondary N) is 1. The monoisotopic (exact) mass is 1210 g/mol. The molecule has 0 aliphatic heterocycles. The van der Waals surface area contributed by atoms with Gasteiger partial charge in [-0.1, -0.05) is 404 Å². The quantitative estimate of drug-likeness (QED) is 0.0320. The molecule has 0 aliphatic carbocycles. The molecule has 0 aromatic rings. The van der Waals surface area contributed by atoms with Gasteiger partial charge in [0.15, 0.2) is 0 Å². The molecule has 0 saturated heterocycles. The SMILES string of the molecule is CCCCCCCC/C=C\CCCCCCCCCC(=O)OCCCCCCCCCCCCCCCCCCCCCCCCCCCCCCCCCCCC(=O)NC(CO)C(O)/C=C/CCCCCCCCCCCCCCCCCCC. The molecule has 6 heteroatoms. The van der Waals surface area contributed by atoms with Gasteiger partial charge in [-0.2, -0.15) is 0 Å². The van der Waals surface area contributed by atoms with E-state index in [0.29, 0.717) is 19.4 Å². The van der Waals surface area contributed by atoms with E-state index < -0.39 is 12.1 Å². The zero-order chi connectivity index (χ0) is 62.0. The molecule has 0 aromatic carbocycles. The Balaban J connectivity index is 3.33. The Hall–Kier alpha value is -1.66. The number of carbonyl (C=O) groups is 2. The highest BCUT2D eigenvalue weighted by molar-refractivity contribution is 5.76. The van der Waals surface area contributed by atoms with E-state index >= 15 is 0 Å². The van der Waals surface area contributed by atoms with E-state index in [1.54, 1.807) is 6.08 Å². The average Bonchev–Trinajstić information content (AvgIpc) is 3.55. The number of allylic oxidation sites excluding steroid dienone is 3. The van der Waals surface area contributed by atoms with Crippen LogP contribution in [-0.2, 0) is 14.3 Å². The molecular formula is C80H155NO5. The van der Waals surface area contributed by atoms with Crippen LogP contribution >= 0.6 is 0 Å². The van der Waals surface area contributed by atoms with Crippen molar-refractivity contribution in [2.45, 2.75) is 463 Å². The fourth-order valence-electron chi connectivity index (χ4n) is 12.7. The molecular weight excluding hydrogens is 1050 g/mol. The fourth-order valence-corrected chi connectivity index (χ4v) is 12.7. The molecule has 0 radical (unpaired) electrons. The molecule has 0 rings (SSSR count). The molecule has 1 amide bonds. The summed E-state index contributed by atoms with van der Waals surface area (Å²) in [4.78, 5) is 24.6. The number of hydrogen-bond acceptors (Lipinski definition) is 5. The van der Waals surface area contributed by atoms with Crippen LogP contribution in [0.25, 0.3) is 0 Å². The minimum Gasteiger partial charge on any atom is -0.466 e. The van der Waals surface area contributed by atoms with Crippen LogP contribution < -0.4 is 5.32 Å². The van der Waals surface area contributed by atoms with Crippen molar-refractivity contribution in [3.63, 3.8) is 0 Å². The smallest absolute Gasteiger partial charge is 0.305 e. The summed E-state index contributed by atoms with van der Waals surface area (Å²) in [6, 6.07) is -0.625. The molecule has 510 valence electrons. The number of amides is 1. The highest BCUT2D eigenvalue weighted by Gasteiger charge is 2.18. The molecule has 0 fully saturated rings. The highest BCUT2D eigenvalue weighted by Crippen LogP contribution is 2.20. The second-order valence-corrected chi connectivity index (χ2v) is 27.4. The summed E-state index contributed by atoms with van der Waals surface area (Å²) in [6.45, 7) is 4.95. The van der Waals surface area contributed by atoms with E-state index in [0.717, 1.165) is 38.5 Å². The van der Waals surface area contributed by atoms with Gasteiger partial charge in [0.2, 0.25) is 5.91 Å². The maximum Gasteiger partial charge on any atom is 0.305 e. The van der Waals surface area contributed by atoms with Crippen LogP contribution in [0.15, 0.2) is 24.3 Å². The molecule has 86 heavy (non-hydrogen) atoms. The Morgan fingerprint density at radius 2 is 0.547 bits per heavy atom. The number of hydrogen-bond donors (Lipinski definition) is 3. The lowest BCUT2D eigenvalue weighted by molar-refractivity contribution is -0.143. The molecule has 0 spiro atoms. The van der Waals surface area contributed by atoms with Crippen molar-refractivity contribution in [3.05, 3.63) is 24.3 Å². The van der Waals surface area contributed by atoms with E-state index in [2.05, 4.69) is 31.3 Å². The first kappa shape index (κ1) is 84.3. The summed E-state index contributed by atoms with van der Waals surface area (Å²) in [6.07, 6.45) is 97.3. The van der Waals surface area contributed by atoms with Crippen LogP contribution in [0.2, 0.25) is 0 Å². The Bertz CT molecular complexity index is 1350. The lowest BCUT2D eigenvalue weighted by Gasteiger charge is -2.20. The predicted octanol–water partition coefficient (Wildman–Crippen LogP) is 26.0. The topological polar surface area (TPSA) is 95.9 Å². The highest BCUT2D eigenvalue weighted by atomic mass is 16.5. The third-order valence-corrected chi connectivity index (χ3v) is 18.7. The van der Waals surface area contributed by atoms with Gasteiger partial charge in [-0.3, -0.25) is 9.59 Å². The first-order valence-corrected chi connectivity index (χ1v) is 39.6. The molecule has 0 saturated carbocycles. The lowest BCUT2D eigenvalue weighted by atomic mass is 10.0. The van der Waals surface area contributed by atoms with Crippen molar-refractivity contribution < 1.29 is 24.5 Å². The number of carbonyl (C=O) groups excluding carboxylic acids is 2. The van der Waals surface area contributed by atoms with Crippen LogP contribution in [0, 0.1) is 0 Å². The maximum atomic E-state index is 12.5. The van der Waals surface area contributed by atoms with Crippen molar-refractivity contribution in [2.24, 2.45) is 0 Å². The predicted molar refractivity (Wildman–Crippen MR) is 380 cm³/mol. The average molecular weight is 1210 g/mol. The summed E-state index contributed by atoms with van der Waals surface area (Å²) in [7, 11) is 0. The van der Waals surface area contributed by atoms with Gasteiger partial charge in [0, 0.05) is 12.8 Å². The third kappa shape index (κ3) is 71.4. The Kier molecular flexibility index (Phi) is 74.3. The van der Waals surface area contributed by atoms with E-state index in [1.807, 2.05) is 6.08 Å². The minimum absolute atomic E-state index is 0.0191. The van der Waals surface area contributed by atoms with Gasteiger partial charge >= 0.3 is 5.97 Å². The Morgan fingerprint density at radius 3 is 0.826 bits per heavy atom. The van der Waals surface area contributed by atoms with Crippen molar-refractivity contribution in [2.75, 3.05) is 13.2 Å². The lowest BCUT2D eigenvalue weighted by Crippen LogP contribution is -2.45. The fraction of sp³-hybridized carbons (Fsp3) is 0.925. The number of unbranched alkanes of at least 4 members (excludes halogenated alkanes) is 62. The third-order valence-electron chi connectivity index (χ3n) is 18.7.